The number of ether oxygens (including phenoxy) is 3. The molecule has 3 aliphatic rings. The van der Waals surface area contributed by atoms with Crippen molar-refractivity contribution in [2.45, 2.75) is 62.4 Å². The number of phenolic OH excluding ortho intramolecular Hbond substituents is 2. The molecule has 2 aromatic rings. The zero-order valence-corrected chi connectivity index (χ0v) is 23.9. The maximum absolute atomic E-state index is 13.6. The van der Waals surface area contributed by atoms with Gasteiger partial charge < -0.3 is 45.5 Å². The molecule has 0 spiro atoms. The fraction of sp³-hybridized carbons (Fsp3) is 0.444. The Morgan fingerprint density at radius 2 is 1.80 bits per heavy atom. The van der Waals surface area contributed by atoms with E-state index in [0.717, 1.165) is 0 Å². The second kappa shape index (κ2) is 12.0. The molecule has 0 radical (unpaired) electrons. The molecule has 0 saturated carbocycles. The molecule has 224 valence electrons. The standard InChI is InChI=1S/C27H29NO11.ClH.Fe/c1-10-22(31)13(28)6-17(38-10)39-15-8-27(36,16(30)9-29)7-12-19(15)26(35)21-20(24(12)33)23(32)11-4-3-5-14(37-2)18(11)25(21)34;;/h3-5,10,13,15,17,22,29,31,33,35-36H,6-9,28H2,1-2H3;1H;/t10-,13-,15-,17-,22+,27-;;/m0../s1. The van der Waals surface area contributed by atoms with Crippen LogP contribution in [-0.4, -0.2) is 86.7 Å². The van der Waals surface area contributed by atoms with E-state index in [-0.39, 0.29) is 63.9 Å². The van der Waals surface area contributed by atoms with Crippen LogP contribution in [0.2, 0.25) is 0 Å². The predicted molar refractivity (Wildman–Crippen MR) is 139 cm³/mol. The molecule has 41 heavy (non-hydrogen) atoms. The van der Waals surface area contributed by atoms with Crippen LogP contribution >= 0.6 is 12.4 Å². The van der Waals surface area contributed by atoms with E-state index in [2.05, 4.69) is 0 Å². The fourth-order valence-corrected chi connectivity index (χ4v) is 5.75. The summed E-state index contributed by atoms with van der Waals surface area (Å²) in [7, 11) is 1.32. The van der Waals surface area contributed by atoms with Crippen molar-refractivity contribution >= 4 is 29.8 Å². The number of fused-ring (bicyclic) bond motifs is 3. The molecule has 1 saturated heterocycles. The van der Waals surface area contributed by atoms with E-state index in [1.165, 1.54) is 25.3 Å². The first kappa shape index (κ1) is 32.9. The zero-order valence-electron chi connectivity index (χ0n) is 22.0. The largest absolute Gasteiger partial charge is 0.507 e. The van der Waals surface area contributed by atoms with E-state index in [4.69, 9.17) is 19.9 Å². The number of halogens is 1. The van der Waals surface area contributed by atoms with Gasteiger partial charge in [0.15, 0.2) is 17.9 Å². The van der Waals surface area contributed by atoms with Gasteiger partial charge in [-0.3, -0.25) is 14.4 Å². The third kappa shape index (κ3) is 5.16. The van der Waals surface area contributed by atoms with Gasteiger partial charge in [0.1, 0.15) is 29.5 Å². The van der Waals surface area contributed by atoms with E-state index in [9.17, 15) is 39.9 Å². The van der Waals surface area contributed by atoms with Crippen LogP contribution in [0, 0.1) is 0 Å². The summed E-state index contributed by atoms with van der Waals surface area (Å²) in [5.41, 5.74) is 2.37. The molecule has 1 heterocycles. The van der Waals surface area contributed by atoms with Crippen molar-refractivity contribution in [3.63, 3.8) is 0 Å². The van der Waals surface area contributed by atoms with Gasteiger partial charge in [0, 0.05) is 59.1 Å². The van der Waals surface area contributed by atoms with Crippen LogP contribution in [0.25, 0.3) is 0 Å². The zero-order chi connectivity index (χ0) is 28.4. The van der Waals surface area contributed by atoms with Crippen LogP contribution in [0.1, 0.15) is 68.8 Å². The summed E-state index contributed by atoms with van der Waals surface area (Å²) in [6.07, 6.45) is -5.12. The SMILES string of the molecule is COc1cccc2c1C(=O)c1c(O)c3c(c(O)c1C2=O)C[C@@](O)(C(=O)CO)C[C@@H]3O[C@H]1C[C@H](N)[C@H](O)[C@H](C)O1.Cl.[Fe]. The summed E-state index contributed by atoms with van der Waals surface area (Å²) in [6, 6.07) is 3.64. The van der Waals surface area contributed by atoms with Gasteiger partial charge in [-0.25, -0.2) is 0 Å². The second-order valence-electron chi connectivity index (χ2n) is 10.2. The van der Waals surface area contributed by atoms with Gasteiger partial charge in [-0.05, 0) is 13.0 Å². The number of carbonyl (C=O) groups is 3. The number of aliphatic hydroxyl groups excluding tert-OH is 2. The molecule has 5 rings (SSSR count). The molecule has 1 aliphatic heterocycles. The number of benzene rings is 2. The van der Waals surface area contributed by atoms with E-state index in [1.54, 1.807) is 6.92 Å². The number of aliphatic hydroxyl groups is 3. The second-order valence-corrected chi connectivity index (χ2v) is 10.2. The number of hydrogen-bond donors (Lipinski definition) is 6. The van der Waals surface area contributed by atoms with Crippen molar-refractivity contribution in [1.82, 2.24) is 0 Å². The Balaban J connectivity index is 0.00000231. The molecule has 0 aromatic heterocycles. The first-order valence-corrected chi connectivity index (χ1v) is 12.4. The minimum atomic E-state index is -2.24. The van der Waals surface area contributed by atoms with E-state index in [1.807, 2.05) is 0 Å². The Hall–Kier alpha value is -2.58. The number of Topliss-reactive ketones (excluding diaryl/α,β-unsaturated/α-hetero) is 1. The minimum absolute atomic E-state index is 0. The van der Waals surface area contributed by atoms with Crippen LogP contribution < -0.4 is 10.5 Å². The third-order valence-electron chi connectivity index (χ3n) is 7.81. The maximum Gasteiger partial charge on any atom is 0.202 e. The quantitative estimate of drug-likeness (QED) is 0.167. The Labute approximate surface area is 251 Å². The van der Waals surface area contributed by atoms with Crippen molar-refractivity contribution in [2.75, 3.05) is 13.7 Å². The number of hydrogen-bond acceptors (Lipinski definition) is 12. The summed E-state index contributed by atoms with van der Waals surface area (Å²) < 4.78 is 17.0. The van der Waals surface area contributed by atoms with Crippen molar-refractivity contribution in [2.24, 2.45) is 5.73 Å². The monoisotopic (exact) mass is 635 g/mol. The first-order valence-electron chi connectivity index (χ1n) is 12.4. The van der Waals surface area contributed by atoms with Gasteiger partial charge in [-0.15, -0.1) is 12.4 Å². The number of nitrogens with two attached hydrogens (primary N) is 1. The number of ketones is 3. The van der Waals surface area contributed by atoms with Crippen LogP contribution in [0.4, 0.5) is 0 Å². The fourth-order valence-electron chi connectivity index (χ4n) is 5.75. The summed E-state index contributed by atoms with van der Waals surface area (Å²) in [4.78, 5) is 39.7. The van der Waals surface area contributed by atoms with Crippen molar-refractivity contribution in [3.8, 4) is 17.2 Å². The smallest absolute Gasteiger partial charge is 0.202 e. The van der Waals surface area contributed by atoms with Gasteiger partial charge >= 0.3 is 0 Å². The van der Waals surface area contributed by atoms with Crippen LogP contribution in [0.15, 0.2) is 18.2 Å². The average Bonchev–Trinajstić information content (AvgIpc) is 2.90. The molecule has 0 amide bonds. The van der Waals surface area contributed by atoms with Crippen molar-refractivity contribution < 1.29 is 71.2 Å². The van der Waals surface area contributed by atoms with Gasteiger partial charge in [-0.1, -0.05) is 12.1 Å². The normalized spacial score (nSPS) is 28.4. The molecule has 0 bridgehead atoms. The number of rotatable bonds is 5. The number of phenols is 2. The van der Waals surface area contributed by atoms with Gasteiger partial charge in [0.25, 0.3) is 0 Å². The molecule has 12 nitrogen and oxygen atoms in total. The molecule has 6 atom stereocenters. The van der Waals surface area contributed by atoms with E-state index in [0.29, 0.717) is 0 Å². The van der Waals surface area contributed by atoms with Gasteiger partial charge in [-0.2, -0.15) is 0 Å². The number of aromatic hydroxyl groups is 2. The molecular weight excluding hydrogens is 606 g/mol. The molecule has 0 unspecified atom stereocenters. The Kier molecular flexibility index (Phi) is 9.61. The maximum atomic E-state index is 13.6. The molecule has 1 fully saturated rings. The first-order chi connectivity index (χ1) is 18.4. The van der Waals surface area contributed by atoms with Crippen LogP contribution in [0.5, 0.6) is 17.2 Å². The van der Waals surface area contributed by atoms with Crippen LogP contribution in [0.3, 0.4) is 0 Å². The van der Waals surface area contributed by atoms with Crippen molar-refractivity contribution in [3.05, 3.63) is 51.6 Å². The van der Waals surface area contributed by atoms with Crippen molar-refractivity contribution in [1.29, 1.82) is 0 Å². The molecule has 14 heteroatoms. The summed E-state index contributed by atoms with van der Waals surface area (Å²) in [5.74, 6) is -3.77. The summed E-state index contributed by atoms with van der Waals surface area (Å²) in [6.45, 7) is 0.560. The molecular formula is C27H30ClFeNO11. The van der Waals surface area contributed by atoms with Crippen LogP contribution in [-0.2, 0) is 37.8 Å². The Morgan fingerprint density at radius 3 is 2.41 bits per heavy atom. The molecule has 7 N–H and O–H groups in total. The predicted octanol–water partition coefficient (Wildman–Crippen LogP) is 0.421. The topological polar surface area (TPSA) is 206 Å². The molecule has 2 aromatic carbocycles. The van der Waals surface area contributed by atoms with E-state index >= 15 is 0 Å². The third-order valence-corrected chi connectivity index (χ3v) is 7.81. The Morgan fingerprint density at radius 1 is 1.15 bits per heavy atom. The summed E-state index contributed by atoms with van der Waals surface area (Å²) in [5, 5.41) is 53.7. The minimum Gasteiger partial charge on any atom is -0.507 e. The average molecular weight is 636 g/mol. The summed E-state index contributed by atoms with van der Waals surface area (Å²) >= 11 is 0. The Bertz CT molecular complexity index is 1390. The van der Waals surface area contributed by atoms with Gasteiger partial charge in [0.05, 0.1) is 42.1 Å². The van der Waals surface area contributed by atoms with Gasteiger partial charge in [0.2, 0.25) is 5.78 Å². The number of methoxy groups -OCH3 is 1. The van der Waals surface area contributed by atoms with E-state index < -0.39 is 95.7 Å². The molecule has 2 aliphatic carbocycles. The number of carbonyl (C=O) groups excluding carboxylic acids is 3.